The Hall–Kier alpha value is -4.34. The molecule has 1 saturated heterocycles. The first-order valence-corrected chi connectivity index (χ1v) is 9.55. The number of nitrogens with zero attached hydrogens (tertiary/aromatic N) is 5. The van der Waals surface area contributed by atoms with Crippen LogP contribution >= 0.6 is 0 Å². The van der Waals surface area contributed by atoms with Crippen molar-refractivity contribution in [2.75, 3.05) is 6.54 Å². The minimum Gasteiger partial charge on any atom is -0.360 e. The summed E-state index contributed by atoms with van der Waals surface area (Å²) in [6.07, 6.45) is 3.03. The van der Waals surface area contributed by atoms with E-state index >= 15 is 0 Å². The molecule has 0 bridgehead atoms. The van der Waals surface area contributed by atoms with E-state index < -0.39 is 17.5 Å². The lowest BCUT2D eigenvalue weighted by Crippen LogP contribution is -2.41. The van der Waals surface area contributed by atoms with Crippen LogP contribution in [-0.4, -0.2) is 54.4 Å². The van der Waals surface area contributed by atoms with Crippen molar-refractivity contribution < 1.29 is 14.4 Å². The highest BCUT2D eigenvalue weighted by Crippen LogP contribution is 2.30. The molecule has 2 aromatic carbocycles. The molecule has 0 radical (unpaired) electrons. The highest BCUT2D eigenvalue weighted by Gasteiger charge is 2.49. The van der Waals surface area contributed by atoms with Gasteiger partial charge in [-0.05, 0) is 41.1 Å². The number of hydrogen-bond acceptors (Lipinski definition) is 6. The predicted molar refractivity (Wildman–Crippen MR) is 109 cm³/mol. The minimum absolute atomic E-state index is 0.326. The van der Waals surface area contributed by atoms with Gasteiger partial charge < -0.3 is 10.3 Å². The fraction of sp³-hybridized carbons (Fsp3) is 0.143. The summed E-state index contributed by atoms with van der Waals surface area (Å²) in [5, 5.41) is 14.5. The maximum Gasteiger partial charge on any atom is 0.325 e. The van der Waals surface area contributed by atoms with Crippen LogP contribution in [0.15, 0.2) is 61.1 Å². The van der Waals surface area contributed by atoms with E-state index in [1.807, 2.05) is 24.3 Å². The summed E-state index contributed by atoms with van der Waals surface area (Å²) in [5.74, 6) is -0.827. The number of carbonyl (C=O) groups excluding carboxylic acids is 3. The normalized spacial score (nSPS) is 18.5. The van der Waals surface area contributed by atoms with Crippen molar-refractivity contribution in [2.45, 2.75) is 12.5 Å². The Morgan fingerprint density at radius 3 is 2.77 bits per heavy atom. The summed E-state index contributed by atoms with van der Waals surface area (Å²) < 4.78 is 1.45. The zero-order valence-corrected chi connectivity index (χ0v) is 16.4. The second-order valence-corrected chi connectivity index (χ2v) is 7.42. The third-order valence-corrected chi connectivity index (χ3v) is 5.50. The maximum absolute atomic E-state index is 13.2. The molecule has 1 aliphatic heterocycles. The van der Waals surface area contributed by atoms with Crippen LogP contribution in [-0.2, 0) is 10.3 Å². The Morgan fingerprint density at radius 2 is 1.97 bits per heavy atom. The lowest BCUT2D eigenvalue weighted by molar-refractivity contribution is -0.130. The van der Waals surface area contributed by atoms with Gasteiger partial charge in [-0.3, -0.25) is 14.5 Å². The van der Waals surface area contributed by atoms with E-state index in [4.69, 9.17) is 0 Å². The number of carbonyl (C=O) groups is 3. The topological polar surface area (TPSA) is 126 Å². The van der Waals surface area contributed by atoms with Gasteiger partial charge in [-0.15, -0.1) is 5.10 Å². The number of Topliss-reactive ketones (excluding diaryl/α,β-unsaturated/α-hetero) is 1. The molecule has 0 aliphatic carbocycles. The van der Waals surface area contributed by atoms with Crippen molar-refractivity contribution in [3.8, 4) is 5.69 Å². The highest BCUT2D eigenvalue weighted by atomic mass is 16.2. The molecule has 0 saturated carbocycles. The zero-order chi connectivity index (χ0) is 21.6. The number of urea groups is 1. The van der Waals surface area contributed by atoms with Crippen LogP contribution in [0.3, 0.4) is 0 Å². The molecule has 1 aliphatic rings. The van der Waals surface area contributed by atoms with E-state index in [9.17, 15) is 14.4 Å². The number of H-pyrrole nitrogens is 1. The molecule has 2 aromatic heterocycles. The first-order valence-electron chi connectivity index (χ1n) is 9.55. The molecular formula is C21H17N7O3. The summed E-state index contributed by atoms with van der Waals surface area (Å²) in [6, 6.07) is 13.7. The van der Waals surface area contributed by atoms with Crippen LogP contribution in [0.2, 0.25) is 0 Å². The van der Waals surface area contributed by atoms with Gasteiger partial charge in [0.25, 0.3) is 5.91 Å². The number of hydrogen-bond donors (Lipinski definition) is 2. The maximum atomic E-state index is 13.2. The van der Waals surface area contributed by atoms with Crippen molar-refractivity contribution in [1.29, 1.82) is 0 Å². The fourth-order valence-electron chi connectivity index (χ4n) is 3.81. The molecule has 5 rings (SSSR count). The summed E-state index contributed by atoms with van der Waals surface area (Å²) >= 11 is 0. The highest BCUT2D eigenvalue weighted by molar-refractivity contribution is 6.14. The van der Waals surface area contributed by atoms with Crippen molar-refractivity contribution in [3.05, 3.63) is 72.2 Å². The molecule has 2 N–H and O–H groups in total. The molecule has 3 heterocycles. The Labute approximate surface area is 175 Å². The zero-order valence-electron chi connectivity index (χ0n) is 16.4. The number of amides is 3. The molecule has 10 heteroatoms. The second-order valence-electron chi connectivity index (χ2n) is 7.42. The van der Waals surface area contributed by atoms with Crippen molar-refractivity contribution in [3.63, 3.8) is 0 Å². The predicted octanol–water partition coefficient (Wildman–Crippen LogP) is 1.79. The Bertz CT molecular complexity index is 1330. The molecule has 0 unspecified atom stereocenters. The molecule has 31 heavy (non-hydrogen) atoms. The number of benzene rings is 2. The number of aromatic nitrogens is 5. The van der Waals surface area contributed by atoms with Crippen LogP contribution in [0.5, 0.6) is 0 Å². The number of para-hydroxylation sites is 1. The van der Waals surface area contributed by atoms with Gasteiger partial charge in [-0.2, -0.15) is 0 Å². The van der Waals surface area contributed by atoms with E-state index in [0.29, 0.717) is 16.8 Å². The average molecular weight is 415 g/mol. The van der Waals surface area contributed by atoms with Gasteiger partial charge in [-0.25, -0.2) is 9.48 Å². The molecule has 4 aromatic rings. The van der Waals surface area contributed by atoms with Gasteiger partial charge in [0.1, 0.15) is 11.9 Å². The Balaban J connectivity index is 1.43. The smallest absolute Gasteiger partial charge is 0.325 e. The molecule has 1 atom stereocenters. The summed E-state index contributed by atoms with van der Waals surface area (Å²) in [7, 11) is 0. The second kappa shape index (κ2) is 6.87. The van der Waals surface area contributed by atoms with Crippen LogP contribution in [0.25, 0.3) is 16.6 Å². The summed E-state index contributed by atoms with van der Waals surface area (Å²) in [5.41, 5.74) is 1.12. The van der Waals surface area contributed by atoms with Crippen LogP contribution in [0.1, 0.15) is 22.8 Å². The standard InChI is InChI=1S/C21H17N7O3/c1-21(13-5-4-6-14(9-13)28-12-23-25-26-28)19(30)27(20(31)24-21)11-18(29)16-10-22-17-8-3-2-7-15(16)17/h2-10,12,22H,11H2,1H3,(H,24,31)/t21-/m0/s1. The SMILES string of the molecule is C[C@@]1(c2cccc(-n3cnnn3)c2)NC(=O)N(CC(=O)c2c[nH]c3ccccc23)C1=O. The summed E-state index contributed by atoms with van der Waals surface area (Å²) in [4.78, 5) is 42.8. The van der Waals surface area contributed by atoms with Crippen molar-refractivity contribution >= 4 is 28.6 Å². The van der Waals surface area contributed by atoms with Gasteiger partial charge in [0.15, 0.2) is 5.78 Å². The third kappa shape index (κ3) is 2.96. The largest absolute Gasteiger partial charge is 0.360 e. The quantitative estimate of drug-likeness (QED) is 0.378. The number of fused-ring (bicyclic) bond motifs is 1. The summed E-state index contributed by atoms with van der Waals surface area (Å²) in [6.45, 7) is 1.26. The average Bonchev–Trinajstić information content (AvgIpc) is 3.50. The minimum atomic E-state index is -1.32. The van der Waals surface area contributed by atoms with E-state index in [0.717, 1.165) is 15.8 Å². The van der Waals surface area contributed by atoms with Crippen molar-refractivity contribution in [2.24, 2.45) is 0 Å². The van der Waals surface area contributed by atoms with Gasteiger partial charge >= 0.3 is 6.03 Å². The molecular weight excluding hydrogens is 398 g/mol. The molecule has 154 valence electrons. The van der Waals surface area contributed by atoms with Crippen LogP contribution in [0, 0.1) is 0 Å². The Kier molecular flexibility index (Phi) is 4.14. The number of nitrogens with one attached hydrogen (secondary N) is 2. The number of ketones is 1. The number of tetrazole rings is 1. The number of rotatable bonds is 5. The van der Waals surface area contributed by atoms with Crippen LogP contribution < -0.4 is 5.32 Å². The van der Waals surface area contributed by atoms with Crippen LogP contribution in [0.4, 0.5) is 4.79 Å². The van der Waals surface area contributed by atoms with Crippen molar-refractivity contribution in [1.82, 2.24) is 35.4 Å². The Morgan fingerprint density at radius 1 is 1.13 bits per heavy atom. The first kappa shape index (κ1) is 18.7. The lowest BCUT2D eigenvalue weighted by atomic mass is 9.91. The van der Waals surface area contributed by atoms with E-state index in [-0.39, 0.29) is 12.3 Å². The van der Waals surface area contributed by atoms with Gasteiger partial charge in [-0.1, -0.05) is 30.3 Å². The third-order valence-electron chi connectivity index (χ3n) is 5.50. The lowest BCUT2D eigenvalue weighted by Gasteiger charge is -2.22. The number of imide groups is 1. The first-order chi connectivity index (χ1) is 15.0. The van der Waals surface area contributed by atoms with Gasteiger partial charge in [0.2, 0.25) is 0 Å². The molecule has 10 nitrogen and oxygen atoms in total. The molecule has 3 amide bonds. The number of aromatic amines is 1. The van der Waals surface area contributed by atoms with E-state index in [2.05, 4.69) is 25.8 Å². The van der Waals surface area contributed by atoms with Gasteiger partial charge in [0.05, 0.1) is 12.2 Å². The van der Waals surface area contributed by atoms with E-state index in [1.54, 1.807) is 37.4 Å². The van der Waals surface area contributed by atoms with E-state index in [1.165, 1.54) is 11.0 Å². The molecule has 0 spiro atoms. The monoisotopic (exact) mass is 415 g/mol. The molecule has 1 fully saturated rings. The van der Waals surface area contributed by atoms with Gasteiger partial charge in [0, 0.05) is 22.7 Å². The fourth-order valence-corrected chi connectivity index (χ4v) is 3.81.